The Hall–Kier alpha value is -1.82. The highest BCUT2D eigenvalue weighted by Crippen LogP contribution is 2.40. The third kappa shape index (κ3) is 4.23. The van der Waals surface area contributed by atoms with E-state index >= 15 is 0 Å². The minimum atomic E-state index is 0.286. The van der Waals surface area contributed by atoms with E-state index in [0.29, 0.717) is 17.7 Å². The van der Waals surface area contributed by atoms with Crippen LogP contribution in [0.3, 0.4) is 0 Å². The average molecular weight is 411 g/mol. The summed E-state index contributed by atoms with van der Waals surface area (Å²) in [4.78, 5) is 15.3. The molecule has 29 heavy (non-hydrogen) atoms. The second kappa shape index (κ2) is 8.50. The Labute approximate surface area is 177 Å². The molecule has 1 aliphatic heterocycles. The molecule has 2 heterocycles. The number of thioether (sulfide) groups is 1. The van der Waals surface area contributed by atoms with E-state index in [1.54, 1.807) is 11.8 Å². The summed E-state index contributed by atoms with van der Waals surface area (Å²) in [5.41, 5.74) is 1.25. The summed E-state index contributed by atoms with van der Waals surface area (Å²) in [6, 6.07) is 11.0. The zero-order valence-electron chi connectivity index (χ0n) is 17.0. The maximum Gasteiger partial charge on any atom is 0.233 e. The molecule has 3 aliphatic rings. The first kappa shape index (κ1) is 19.2. The van der Waals surface area contributed by atoms with Gasteiger partial charge in [-0.1, -0.05) is 54.9 Å². The Bertz CT molecular complexity index is 846. The number of rotatable bonds is 6. The standard InChI is InChI=1S/C23H30N4OS/c28-21(26-14-6-10-18-9-4-5-11-20(18)26)16-29-23-25-24-22(19-12-13-19)27(23)15-17-7-2-1-3-8-17/h1-3,7-8,18-20H,4-6,9-16H2/t18-,20-/m0/s1. The summed E-state index contributed by atoms with van der Waals surface area (Å²) in [5.74, 6) is 3.12. The number of carbonyl (C=O) groups excluding carboxylic acids is 1. The molecule has 2 aliphatic carbocycles. The van der Waals surface area contributed by atoms with Crippen LogP contribution in [0.25, 0.3) is 0 Å². The van der Waals surface area contributed by atoms with Crippen molar-refractivity contribution in [1.82, 2.24) is 19.7 Å². The van der Waals surface area contributed by atoms with E-state index in [1.807, 2.05) is 6.07 Å². The molecule has 154 valence electrons. The van der Waals surface area contributed by atoms with Gasteiger partial charge in [-0.25, -0.2) is 0 Å². The minimum Gasteiger partial charge on any atom is -0.339 e. The molecule has 0 unspecified atom stereocenters. The quantitative estimate of drug-likeness (QED) is 0.659. The van der Waals surface area contributed by atoms with Gasteiger partial charge in [0, 0.05) is 18.5 Å². The van der Waals surface area contributed by atoms with Gasteiger partial charge in [0.1, 0.15) is 5.82 Å². The first-order valence-electron chi connectivity index (χ1n) is 11.2. The Kier molecular flexibility index (Phi) is 5.62. The number of fused-ring (bicyclic) bond motifs is 1. The molecule has 1 saturated heterocycles. The normalized spacial score (nSPS) is 24.3. The van der Waals surface area contributed by atoms with E-state index in [2.05, 4.69) is 43.9 Å². The van der Waals surface area contributed by atoms with Crippen LogP contribution in [0.1, 0.15) is 68.7 Å². The summed E-state index contributed by atoms with van der Waals surface area (Å²) in [6.45, 7) is 1.72. The van der Waals surface area contributed by atoms with Gasteiger partial charge in [-0.05, 0) is 50.0 Å². The van der Waals surface area contributed by atoms with Crippen LogP contribution in [0.15, 0.2) is 35.5 Å². The van der Waals surface area contributed by atoms with E-state index in [0.717, 1.165) is 36.4 Å². The number of amides is 1. The SMILES string of the molecule is O=C(CSc1nnc(C2CC2)n1Cc1ccccc1)N1CCC[C@@H]2CCCC[C@@H]21. The molecular weight excluding hydrogens is 380 g/mol. The predicted molar refractivity (Wildman–Crippen MR) is 115 cm³/mol. The minimum absolute atomic E-state index is 0.286. The second-order valence-corrected chi connectivity index (χ2v) is 9.76. The molecule has 3 fully saturated rings. The fourth-order valence-electron chi connectivity index (χ4n) is 5.11. The highest BCUT2D eigenvalue weighted by Gasteiger charge is 2.36. The number of aromatic nitrogens is 3. The third-order valence-corrected chi connectivity index (χ3v) is 7.71. The van der Waals surface area contributed by atoms with Crippen LogP contribution in [0.5, 0.6) is 0 Å². The van der Waals surface area contributed by atoms with Gasteiger partial charge in [-0.3, -0.25) is 4.79 Å². The molecule has 1 aromatic carbocycles. The van der Waals surface area contributed by atoms with Crippen LogP contribution < -0.4 is 0 Å². The first-order valence-corrected chi connectivity index (χ1v) is 12.2. The van der Waals surface area contributed by atoms with Crippen LogP contribution in [0.2, 0.25) is 0 Å². The monoisotopic (exact) mass is 410 g/mol. The maximum absolute atomic E-state index is 13.1. The topological polar surface area (TPSA) is 51.0 Å². The predicted octanol–water partition coefficient (Wildman–Crippen LogP) is 4.48. The smallest absolute Gasteiger partial charge is 0.233 e. The summed E-state index contributed by atoms with van der Waals surface area (Å²) in [5, 5.41) is 9.86. The molecule has 0 radical (unpaired) electrons. The van der Waals surface area contributed by atoms with Gasteiger partial charge in [-0.2, -0.15) is 0 Å². The molecule has 2 saturated carbocycles. The third-order valence-electron chi connectivity index (χ3n) is 6.76. The van der Waals surface area contributed by atoms with E-state index in [4.69, 9.17) is 0 Å². The van der Waals surface area contributed by atoms with Crippen molar-refractivity contribution in [3.63, 3.8) is 0 Å². The Morgan fingerprint density at radius 3 is 2.62 bits per heavy atom. The Morgan fingerprint density at radius 1 is 1.00 bits per heavy atom. The number of hydrogen-bond acceptors (Lipinski definition) is 4. The molecule has 0 N–H and O–H groups in total. The van der Waals surface area contributed by atoms with E-state index < -0.39 is 0 Å². The largest absolute Gasteiger partial charge is 0.339 e. The molecule has 1 amide bonds. The molecule has 2 aromatic rings. The first-order chi connectivity index (χ1) is 14.3. The molecule has 6 heteroatoms. The van der Waals surface area contributed by atoms with Crippen molar-refractivity contribution in [2.45, 2.75) is 75.0 Å². The van der Waals surface area contributed by atoms with E-state index in [-0.39, 0.29) is 5.91 Å². The lowest BCUT2D eigenvalue weighted by atomic mass is 9.78. The number of carbonyl (C=O) groups is 1. The molecule has 2 atom stereocenters. The highest BCUT2D eigenvalue weighted by molar-refractivity contribution is 7.99. The van der Waals surface area contributed by atoms with Crippen molar-refractivity contribution in [2.75, 3.05) is 12.3 Å². The second-order valence-electron chi connectivity index (χ2n) is 8.82. The summed E-state index contributed by atoms with van der Waals surface area (Å²) < 4.78 is 2.24. The summed E-state index contributed by atoms with van der Waals surface area (Å²) >= 11 is 1.57. The van der Waals surface area contributed by atoms with Gasteiger partial charge in [0.05, 0.1) is 12.3 Å². The molecule has 5 nitrogen and oxygen atoms in total. The summed E-state index contributed by atoms with van der Waals surface area (Å²) in [7, 11) is 0. The Morgan fingerprint density at radius 2 is 1.79 bits per heavy atom. The lowest BCUT2D eigenvalue weighted by molar-refractivity contribution is -0.134. The van der Waals surface area contributed by atoms with Gasteiger partial charge >= 0.3 is 0 Å². The van der Waals surface area contributed by atoms with Crippen LogP contribution in [-0.2, 0) is 11.3 Å². The van der Waals surface area contributed by atoms with Gasteiger partial charge in [0.2, 0.25) is 5.91 Å². The van der Waals surface area contributed by atoms with Crippen molar-refractivity contribution in [3.8, 4) is 0 Å². The van der Waals surface area contributed by atoms with Crippen LogP contribution in [0, 0.1) is 5.92 Å². The molecule has 0 spiro atoms. The van der Waals surface area contributed by atoms with Crippen LogP contribution in [0.4, 0.5) is 0 Å². The zero-order valence-corrected chi connectivity index (χ0v) is 17.8. The van der Waals surface area contributed by atoms with Gasteiger partial charge in [-0.15, -0.1) is 10.2 Å². The summed E-state index contributed by atoms with van der Waals surface area (Å²) in [6.07, 6.45) is 9.97. The van der Waals surface area contributed by atoms with E-state index in [1.165, 1.54) is 50.5 Å². The molecular formula is C23H30N4OS. The number of likely N-dealkylation sites (tertiary alicyclic amines) is 1. The highest BCUT2D eigenvalue weighted by atomic mass is 32.2. The van der Waals surface area contributed by atoms with Crippen molar-refractivity contribution in [3.05, 3.63) is 41.7 Å². The fraction of sp³-hybridized carbons (Fsp3) is 0.609. The van der Waals surface area contributed by atoms with Gasteiger partial charge in [0.25, 0.3) is 0 Å². The molecule has 0 bridgehead atoms. The average Bonchev–Trinajstić information content (AvgIpc) is 3.54. The zero-order chi connectivity index (χ0) is 19.6. The van der Waals surface area contributed by atoms with Crippen molar-refractivity contribution in [1.29, 1.82) is 0 Å². The number of hydrogen-bond donors (Lipinski definition) is 0. The van der Waals surface area contributed by atoms with Crippen LogP contribution in [-0.4, -0.2) is 43.9 Å². The number of piperidine rings is 1. The van der Waals surface area contributed by atoms with Gasteiger partial charge < -0.3 is 9.47 Å². The lowest BCUT2D eigenvalue weighted by Crippen LogP contribution is -2.50. The number of benzene rings is 1. The molecule has 1 aromatic heterocycles. The van der Waals surface area contributed by atoms with Crippen molar-refractivity contribution in [2.24, 2.45) is 5.92 Å². The van der Waals surface area contributed by atoms with Crippen molar-refractivity contribution >= 4 is 17.7 Å². The maximum atomic E-state index is 13.1. The Balaban J connectivity index is 1.28. The fourth-order valence-corrected chi connectivity index (χ4v) is 5.94. The molecule has 5 rings (SSSR count). The van der Waals surface area contributed by atoms with E-state index in [9.17, 15) is 4.79 Å². The number of nitrogens with zero attached hydrogens (tertiary/aromatic N) is 4. The van der Waals surface area contributed by atoms with Gasteiger partial charge in [0.15, 0.2) is 5.16 Å². The lowest BCUT2D eigenvalue weighted by Gasteiger charge is -2.44. The van der Waals surface area contributed by atoms with Crippen molar-refractivity contribution < 1.29 is 4.79 Å². The van der Waals surface area contributed by atoms with Crippen LogP contribution >= 0.6 is 11.8 Å².